The Kier molecular flexibility index (Phi) is 4.30. The highest BCUT2D eigenvalue weighted by Gasteiger charge is 2.12. The molecule has 0 aliphatic rings. The van der Waals surface area contributed by atoms with Crippen molar-refractivity contribution in [3.63, 3.8) is 0 Å². The van der Waals surface area contributed by atoms with Gasteiger partial charge in [-0.25, -0.2) is 0 Å². The van der Waals surface area contributed by atoms with Gasteiger partial charge < -0.3 is 9.64 Å². The second-order valence-electron chi connectivity index (χ2n) is 4.06. The molecule has 1 aromatic carbocycles. The number of likely N-dealkylation sites (N-methyl/N-ethyl adjacent to an activating group) is 1. The number of nitrogens with zero attached hydrogens (tertiary/aromatic N) is 3. The summed E-state index contributed by atoms with van der Waals surface area (Å²) in [4.78, 5) is 17.4. The highest BCUT2D eigenvalue weighted by Crippen LogP contribution is 2.17. The summed E-state index contributed by atoms with van der Waals surface area (Å²) in [6, 6.07) is 12.4. The largest absolute Gasteiger partial charge is 0.482 e. The number of aromatic nitrogens is 1. The summed E-state index contributed by atoms with van der Waals surface area (Å²) in [6.45, 7) is -0.135. The van der Waals surface area contributed by atoms with E-state index < -0.39 is 0 Å². The number of rotatable bonds is 4. The number of para-hydroxylation sites is 1. The molecule has 1 heterocycles. The normalized spacial score (nSPS) is 9.60. The highest BCUT2D eigenvalue weighted by atomic mass is 16.5. The molecule has 0 aliphatic carbocycles. The van der Waals surface area contributed by atoms with E-state index in [-0.39, 0.29) is 12.5 Å². The molecule has 0 unspecified atom stereocenters. The monoisotopic (exact) mass is 267 g/mol. The first kappa shape index (κ1) is 13.6. The van der Waals surface area contributed by atoms with Crippen LogP contribution in [0.5, 0.6) is 5.75 Å². The predicted molar refractivity (Wildman–Crippen MR) is 74.3 cm³/mol. The molecule has 5 nitrogen and oxygen atoms in total. The van der Waals surface area contributed by atoms with Crippen LogP contribution in [0.25, 0.3) is 0 Å². The number of hydrogen-bond acceptors (Lipinski definition) is 4. The van der Waals surface area contributed by atoms with Crippen LogP contribution in [0.15, 0.2) is 48.8 Å². The van der Waals surface area contributed by atoms with Crippen LogP contribution in [0.1, 0.15) is 5.56 Å². The number of carbonyl (C=O) groups excluding carboxylic acids is 1. The fourth-order valence-electron chi connectivity index (χ4n) is 1.62. The number of carbonyl (C=O) groups is 1. The summed E-state index contributed by atoms with van der Waals surface area (Å²) in [7, 11) is 1.65. The second-order valence-corrected chi connectivity index (χ2v) is 4.06. The molecular weight excluding hydrogens is 254 g/mol. The topological polar surface area (TPSA) is 66.2 Å². The fraction of sp³-hybridized carbons (Fsp3) is 0.133. The minimum atomic E-state index is -0.217. The van der Waals surface area contributed by atoms with Gasteiger partial charge in [0.25, 0.3) is 5.91 Å². The van der Waals surface area contributed by atoms with Crippen molar-refractivity contribution in [2.45, 2.75) is 0 Å². The molecule has 0 radical (unpaired) electrons. The molecule has 1 amide bonds. The van der Waals surface area contributed by atoms with Crippen LogP contribution in [0.4, 0.5) is 5.69 Å². The summed E-state index contributed by atoms with van der Waals surface area (Å²) in [5, 5.41) is 8.94. The Morgan fingerprint density at radius 1 is 1.35 bits per heavy atom. The molecule has 20 heavy (non-hydrogen) atoms. The minimum absolute atomic E-state index is 0.135. The molecule has 0 N–H and O–H groups in total. The number of hydrogen-bond donors (Lipinski definition) is 0. The summed E-state index contributed by atoms with van der Waals surface area (Å²) < 4.78 is 5.40. The molecule has 5 heteroatoms. The Balaban J connectivity index is 2.01. The van der Waals surface area contributed by atoms with Gasteiger partial charge in [0.2, 0.25) is 0 Å². The fourth-order valence-corrected chi connectivity index (χ4v) is 1.62. The Morgan fingerprint density at radius 3 is 2.85 bits per heavy atom. The lowest BCUT2D eigenvalue weighted by Gasteiger charge is -2.17. The van der Waals surface area contributed by atoms with Crippen molar-refractivity contribution in [2.75, 3.05) is 18.6 Å². The van der Waals surface area contributed by atoms with Crippen LogP contribution >= 0.6 is 0 Å². The Bertz CT molecular complexity index is 635. The van der Waals surface area contributed by atoms with Crippen LogP contribution in [0.2, 0.25) is 0 Å². The molecule has 0 fully saturated rings. The van der Waals surface area contributed by atoms with Crippen molar-refractivity contribution in [2.24, 2.45) is 0 Å². The van der Waals surface area contributed by atoms with Crippen molar-refractivity contribution < 1.29 is 9.53 Å². The maximum atomic E-state index is 12.0. The van der Waals surface area contributed by atoms with E-state index in [1.165, 1.54) is 4.90 Å². The van der Waals surface area contributed by atoms with E-state index in [2.05, 4.69) is 4.98 Å². The maximum Gasteiger partial charge on any atom is 0.264 e. The van der Waals surface area contributed by atoms with Crippen molar-refractivity contribution in [1.29, 1.82) is 5.26 Å². The summed E-state index contributed by atoms with van der Waals surface area (Å²) in [5.74, 6) is 0.189. The zero-order chi connectivity index (χ0) is 14.4. The van der Waals surface area contributed by atoms with E-state index in [1.54, 1.807) is 55.8 Å². The van der Waals surface area contributed by atoms with Gasteiger partial charge in [-0.2, -0.15) is 5.26 Å². The van der Waals surface area contributed by atoms with Gasteiger partial charge in [0.1, 0.15) is 11.8 Å². The quantitative estimate of drug-likeness (QED) is 0.849. The third-order valence-corrected chi connectivity index (χ3v) is 2.77. The van der Waals surface area contributed by atoms with Gasteiger partial charge in [-0.1, -0.05) is 12.1 Å². The lowest BCUT2D eigenvalue weighted by molar-refractivity contribution is -0.120. The van der Waals surface area contributed by atoms with Gasteiger partial charge in [-0.05, 0) is 24.3 Å². The van der Waals surface area contributed by atoms with Gasteiger partial charge in [0, 0.05) is 13.2 Å². The standard InChI is InChI=1S/C15H13N3O2/c1-18(13-6-4-8-17-10-13)15(19)11-20-14-7-3-2-5-12(14)9-16/h2-8,10H,11H2,1H3. The van der Waals surface area contributed by atoms with Gasteiger partial charge >= 0.3 is 0 Å². The Hall–Kier alpha value is -2.87. The predicted octanol–water partition coefficient (Wildman–Crippen LogP) is 2.00. The number of pyridine rings is 1. The van der Waals surface area contributed by atoms with Gasteiger partial charge in [0.05, 0.1) is 17.4 Å². The number of ether oxygens (including phenoxy) is 1. The first-order valence-corrected chi connectivity index (χ1v) is 6.01. The summed E-state index contributed by atoms with van der Waals surface area (Å²) >= 11 is 0. The molecule has 0 saturated carbocycles. The number of amides is 1. The molecule has 0 bridgehead atoms. The molecule has 0 spiro atoms. The van der Waals surface area contributed by atoms with Crippen molar-refractivity contribution >= 4 is 11.6 Å². The van der Waals surface area contributed by atoms with E-state index in [0.29, 0.717) is 17.0 Å². The molecule has 1 aromatic heterocycles. The zero-order valence-electron chi connectivity index (χ0n) is 11.0. The third kappa shape index (κ3) is 3.12. The van der Waals surface area contributed by atoms with Gasteiger partial charge in [0.15, 0.2) is 6.61 Å². The average molecular weight is 267 g/mol. The highest BCUT2D eigenvalue weighted by molar-refractivity contribution is 5.93. The number of anilines is 1. The molecule has 0 aliphatic heterocycles. The van der Waals surface area contributed by atoms with E-state index in [1.807, 2.05) is 6.07 Å². The van der Waals surface area contributed by atoms with Crippen molar-refractivity contribution in [3.8, 4) is 11.8 Å². The van der Waals surface area contributed by atoms with E-state index in [4.69, 9.17) is 10.00 Å². The van der Waals surface area contributed by atoms with E-state index in [0.717, 1.165) is 0 Å². The van der Waals surface area contributed by atoms with Crippen LogP contribution < -0.4 is 9.64 Å². The Morgan fingerprint density at radius 2 is 2.15 bits per heavy atom. The third-order valence-electron chi connectivity index (χ3n) is 2.77. The van der Waals surface area contributed by atoms with Crippen LogP contribution in [0, 0.1) is 11.3 Å². The SMILES string of the molecule is CN(C(=O)COc1ccccc1C#N)c1cccnc1. The molecule has 0 saturated heterocycles. The van der Waals surface area contributed by atoms with Crippen molar-refractivity contribution in [1.82, 2.24) is 4.98 Å². The van der Waals surface area contributed by atoms with E-state index in [9.17, 15) is 4.79 Å². The van der Waals surface area contributed by atoms with Crippen LogP contribution in [-0.4, -0.2) is 24.5 Å². The maximum absolute atomic E-state index is 12.0. The lowest BCUT2D eigenvalue weighted by Crippen LogP contribution is -2.31. The van der Waals surface area contributed by atoms with Crippen molar-refractivity contribution in [3.05, 3.63) is 54.4 Å². The first-order valence-electron chi connectivity index (χ1n) is 6.01. The molecule has 100 valence electrons. The lowest BCUT2D eigenvalue weighted by atomic mass is 10.2. The zero-order valence-corrected chi connectivity index (χ0v) is 11.0. The van der Waals surface area contributed by atoms with Gasteiger partial charge in [-0.3, -0.25) is 9.78 Å². The summed E-state index contributed by atoms with van der Waals surface area (Å²) in [5.41, 5.74) is 1.10. The molecule has 2 rings (SSSR count). The number of benzene rings is 1. The second kappa shape index (κ2) is 6.34. The smallest absolute Gasteiger partial charge is 0.264 e. The van der Waals surface area contributed by atoms with Crippen LogP contribution in [-0.2, 0) is 4.79 Å². The van der Waals surface area contributed by atoms with Crippen LogP contribution in [0.3, 0.4) is 0 Å². The molecule has 0 atom stereocenters. The number of nitriles is 1. The summed E-state index contributed by atoms with van der Waals surface area (Å²) in [6.07, 6.45) is 3.24. The Labute approximate surface area is 117 Å². The average Bonchev–Trinajstić information content (AvgIpc) is 2.53. The minimum Gasteiger partial charge on any atom is -0.482 e. The molecular formula is C15H13N3O2. The van der Waals surface area contributed by atoms with E-state index >= 15 is 0 Å². The molecule has 2 aromatic rings. The van der Waals surface area contributed by atoms with Gasteiger partial charge in [-0.15, -0.1) is 0 Å². The first-order chi connectivity index (χ1) is 9.72.